The van der Waals surface area contributed by atoms with E-state index in [4.69, 9.17) is 5.73 Å². The van der Waals surface area contributed by atoms with Crippen LogP contribution in [-0.4, -0.2) is 16.9 Å². The predicted octanol–water partition coefficient (Wildman–Crippen LogP) is 3.09. The van der Waals surface area contributed by atoms with Crippen LogP contribution in [0.15, 0.2) is 18.2 Å². The zero-order valence-corrected chi connectivity index (χ0v) is 12.6. The number of hydrogen-bond acceptors (Lipinski definition) is 4. The first-order valence-corrected chi connectivity index (χ1v) is 6.79. The third-order valence-corrected chi connectivity index (χ3v) is 3.55. The van der Waals surface area contributed by atoms with Crippen LogP contribution in [0.4, 0.5) is 5.13 Å². The summed E-state index contributed by atoms with van der Waals surface area (Å²) in [5.74, 6) is -0.0249. The lowest BCUT2D eigenvalue weighted by Gasteiger charge is -2.03. The van der Waals surface area contributed by atoms with E-state index < -0.39 is 0 Å². The van der Waals surface area contributed by atoms with Crippen LogP contribution < -0.4 is 11.1 Å². The number of carbonyl (C=O) groups excluding carboxylic acids is 1. The number of hydrogen-bond donors (Lipinski definition) is 2. The van der Waals surface area contributed by atoms with Crippen molar-refractivity contribution in [1.82, 2.24) is 4.98 Å². The second-order valence-electron chi connectivity index (χ2n) is 4.55. The minimum atomic E-state index is -0.0249. The number of fused-ring (bicyclic) bond motifs is 1. The van der Waals surface area contributed by atoms with Gasteiger partial charge in [0, 0.05) is 12.5 Å². The number of rotatable bonds is 4. The molecule has 0 aliphatic carbocycles. The van der Waals surface area contributed by atoms with Crippen LogP contribution in [0.3, 0.4) is 0 Å². The number of nitrogens with two attached hydrogens (primary N) is 1. The van der Waals surface area contributed by atoms with Crippen molar-refractivity contribution in [3.05, 3.63) is 23.8 Å². The SMILES string of the molecule is Cc1ccc2nc(NC(=O)CCC(C)N)sc2c1.Cl. The summed E-state index contributed by atoms with van der Waals surface area (Å²) >= 11 is 1.50. The van der Waals surface area contributed by atoms with Gasteiger partial charge in [0.05, 0.1) is 10.2 Å². The fourth-order valence-corrected chi connectivity index (χ4v) is 2.61. The molecule has 0 bridgehead atoms. The maximum absolute atomic E-state index is 11.7. The molecular weight excluding hydrogens is 282 g/mol. The molecule has 1 atom stereocenters. The molecule has 6 heteroatoms. The van der Waals surface area contributed by atoms with E-state index in [0.29, 0.717) is 18.0 Å². The third kappa shape index (κ3) is 4.45. The molecule has 1 aromatic heterocycles. The topological polar surface area (TPSA) is 68.0 Å². The molecule has 104 valence electrons. The van der Waals surface area contributed by atoms with Gasteiger partial charge in [-0.1, -0.05) is 17.4 Å². The van der Waals surface area contributed by atoms with Gasteiger partial charge in [-0.3, -0.25) is 4.79 Å². The molecule has 1 aromatic carbocycles. The van der Waals surface area contributed by atoms with Crippen LogP contribution in [0.2, 0.25) is 0 Å². The molecule has 0 saturated heterocycles. The highest BCUT2D eigenvalue weighted by atomic mass is 35.5. The summed E-state index contributed by atoms with van der Waals surface area (Å²) in [5.41, 5.74) is 7.74. The standard InChI is InChI=1S/C13H17N3OS.ClH/c1-8-3-5-10-11(7-8)18-13(15-10)16-12(17)6-4-9(2)14;/h3,5,7,9H,4,6,14H2,1-2H3,(H,15,16,17);1H. The molecule has 1 unspecified atom stereocenters. The lowest BCUT2D eigenvalue weighted by molar-refractivity contribution is -0.116. The van der Waals surface area contributed by atoms with Crippen molar-refractivity contribution in [1.29, 1.82) is 0 Å². The van der Waals surface area contributed by atoms with Gasteiger partial charge in [0.25, 0.3) is 0 Å². The van der Waals surface area contributed by atoms with Gasteiger partial charge in [0.15, 0.2) is 5.13 Å². The van der Waals surface area contributed by atoms with Crippen molar-refractivity contribution in [3.63, 3.8) is 0 Å². The van der Waals surface area contributed by atoms with E-state index in [0.717, 1.165) is 10.2 Å². The molecule has 1 heterocycles. The summed E-state index contributed by atoms with van der Waals surface area (Å²) in [4.78, 5) is 16.0. The Balaban J connectivity index is 0.00000180. The van der Waals surface area contributed by atoms with E-state index in [1.54, 1.807) is 0 Å². The Kier molecular flexibility index (Phi) is 5.72. The molecule has 0 aliphatic heterocycles. The summed E-state index contributed by atoms with van der Waals surface area (Å²) in [6.45, 7) is 3.94. The van der Waals surface area contributed by atoms with E-state index in [9.17, 15) is 4.79 Å². The van der Waals surface area contributed by atoms with Gasteiger partial charge in [-0.2, -0.15) is 0 Å². The van der Waals surface area contributed by atoms with Gasteiger partial charge in [0.2, 0.25) is 5.91 Å². The maximum Gasteiger partial charge on any atom is 0.226 e. The van der Waals surface area contributed by atoms with E-state index in [1.807, 2.05) is 26.0 Å². The molecule has 2 rings (SSSR count). The number of carbonyl (C=O) groups is 1. The van der Waals surface area contributed by atoms with Gasteiger partial charge < -0.3 is 11.1 Å². The lowest BCUT2D eigenvalue weighted by atomic mass is 10.2. The van der Waals surface area contributed by atoms with Crippen LogP contribution >= 0.6 is 23.7 Å². The summed E-state index contributed by atoms with van der Waals surface area (Å²) in [7, 11) is 0. The van der Waals surface area contributed by atoms with Crippen LogP contribution in [0.1, 0.15) is 25.3 Å². The van der Waals surface area contributed by atoms with Crippen LogP contribution in [0.25, 0.3) is 10.2 Å². The largest absolute Gasteiger partial charge is 0.328 e. The number of benzene rings is 1. The highest BCUT2D eigenvalue weighted by Gasteiger charge is 2.08. The van der Waals surface area contributed by atoms with Crippen molar-refractivity contribution >= 4 is 45.0 Å². The number of halogens is 1. The lowest BCUT2D eigenvalue weighted by Crippen LogP contribution is -2.19. The average molecular weight is 300 g/mol. The summed E-state index contributed by atoms with van der Waals surface area (Å²) < 4.78 is 1.09. The number of nitrogens with zero attached hydrogens (tertiary/aromatic N) is 1. The Labute approximate surface area is 122 Å². The Morgan fingerprint density at radius 1 is 1.53 bits per heavy atom. The van der Waals surface area contributed by atoms with Crippen molar-refractivity contribution in [2.45, 2.75) is 32.7 Å². The number of nitrogens with one attached hydrogen (secondary N) is 1. The van der Waals surface area contributed by atoms with E-state index in [2.05, 4.69) is 16.4 Å². The van der Waals surface area contributed by atoms with Crippen molar-refractivity contribution in [2.24, 2.45) is 5.73 Å². The molecular formula is C13H18ClN3OS. The first-order chi connectivity index (χ1) is 8.54. The zero-order valence-electron chi connectivity index (χ0n) is 11.0. The molecule has 0 saturated carbocycles. The van der Waals surface area contributed by atoms with E-state index in [-0.39, 0.29) is 24.4 Å². The molecule has 4 nitrogen and oxygen atoms in total. The van der Waals surface area contributed by atoms with Crippen LogP contribution in [-0.2, 0) is 4.79 Å². The Morgan fingerprint density at radius 2 is 2.26 bits per heavy atom. The summed E-state index contributed by atoms with van der Waals surface area (Å²) in [5, 5.41) is 3.48. The number of amides is 1. The Bertz CT molecular complexity index is 568. The smallest absolute Gasteiger partial charge is 0.226 e. The second kappa shape index (κ2) is 6.84. The molecule has 3 N–H and O–H groups in total. The molecule has 2 aromatic rings. The average Bonchev–Trinajstić information content (AvgIpc) is 2.67. The highest BCUT2D eigenvalue weighted by molar-refractivity contribution is 7.22. The van der Waals surface area contributed by atoms with Crippen molar-refractivity contribution in [3.8, 4) is 0 Å². The fourth-order valence-electron chi connectivity index (χ4n) is 1.63. The minimum absolute atomic E-state index is 0. The maximum atomic E-state index is 11.7. The highest BCUT2D eigenvalue weighted by Crippen LogP contribution is 2.26. The van der Waals surface area contributed by atoms with E-state index in [1.165, 1.54) is 16.9 Å². The van der Waals surface area contributed by atoms with Gasteiger partial charge in [-0.25, -0.2) is 4.98 Å². The van der Waals surface area contributed by atoms with Gasteiger partial charge in [-0.05, 0) is 38.0 Å². The van der Waals surface area contributed by atoms with Crippen LogP contribution in [0.5, 0.6) is 0 Å². The number of thiazole rings is 1. The Morgan fingerprint density at radius 3 is 2.95 bits per heavy atom. The van der Waals surface area contributed by atoms with Gasteiger partial charge in [-0.15, -0.1) is 12.4 Å². The van der Waals surface area contributed by atoms with Gasteiger partial charge in [0.1, 0.15) is 0 Å². The van der Waals surface area contributed by atoms with Crippen molar-refractivity contribution in [2.75, 3.05) is 5.32 Å². The number of aryl methyl sites for hydroxylation is 1. The number of anilines is 1. The first kappa shape index (κ1) is 15.9. The Hall–Kier alpha value is -1.17. The molecule has 0 spiro atoms. The monoisotopic (exact) mass is 299 g/mol. The molecule has 0 fully saturated rings. The summed E-state index contributed by atoms with van der Waals surface area (Å²) in [6, 6.07) is 6.11. The fraction of sp³-hybridized carbons (Fsp3) is 0.385. The first-order valence-electron chi connectivity index (χ1n) is 5.97. The molecule has 19 heavy (non-hydrogen) atoms. The quantitative estimate of drug-likeness (QED) is 0.911. The second-order valence-corrected chi connectivity index (χ2v) is 5.58. The molecule has 0 radical (unpaired) electrons. The minimum Gasteiger partial charge on any atom is -0.328 e. The van der Waals surface area contributed by atoms with Crippen molar-refractivity contribution < 1.29 is 4.79 Å². The predicted molar refractivity (Wildman–Crippen MR) is 83.1 cm³/mol. The van der Waals surface area contributed by atoms with Crippen LogP contribution in [0, 0.1) is 6.92 Å². The zero-order chi connectivity index (χ0) is 13.1. The van der Waals surface area contributed by atoms with Gasteiger partial charge >= 0.3 is 0 Å². The molecule has 1 amide bonds. The number of aromatic nitrogens is 1. The third-order valence-electron chi connectivity index (χ3n) is 2.62. The normalized spacial score (nSPS) is 11.9. The summed E-state index contributed by atoms with van der Waals surface area (Å²) in [6.07, 6.45) is 1.13. The molecule has 0 aliphatic rings. The van der Waals surface area contributed by atoms with E-state index >= 15 is 0 Å².